The summed E-state index contributed by atoms with van der Waals surface area (Å²) >= 11 is 0. The van der Waals surface area contributed by atoms with Crippen LogP contribution in [0.4, 0.5) is 0 Å². The number of nitrogens with two attached hydrogens (primary N) is 1. The zero-order valence-electron chi connectivity index (χ0n) is 17.2. The lowest BCUT2D eigenvalue weighted by molar-refractivity contribution is 0.165. The molecule has 0 aliphatic heterocycles. The van der Waals surface area contributed by atoms with Gasteiger partial charge in [0.05, 0.1) is 6.61 Å². The van der Waals surface area contributed by atoms with Crippen LogP contribution in [0.25, 0.3) is 0 Å². The van der Waals surface area contributed by atoms with Crippen LogP contribution in [0.3, 0.4) is 0 Å². The molecule has 2 aromatic carbocycles. The van der Waals surface area contributed by atoms with Crippen molar-refractivity contribution in [3.05, 3.63) is 65.7 Å². The molecule has 0 saturated heterocycles. The molecule has 27 heavy (non-hydrogen) atoms. The average molecular weight is 369 g/mol. The molecule has 2 aromatic rings. The van der Waals surface area contributed by atoms with Gasteiger partial charge in [0.25, 0.3) is 0 Å². The van der Waals surface area contributed by atoms with Gasteiger partial charge in [0.2, 0.25) is 0 Å². The fourth-order valence-electron chi connectivity index (χ4n) is 3.61. The highest BCUT2D eigenvalue weighted by atomic mass is 16.5. The predicted octanol–water partition coefficient (Wildman–Crippen LogP) is 4.89. The van der Waals surface area contributed by atoms with Crippen molar-refractivity contribution in [3.8, 4) is 5.75 Å². The van der Waals surface area contributed by atoms with Gasteiger partial charge in [-0.15, -0.1) is 0 Å². The van der Waals surface area contributed by atoms with E-state index < -0.39 is 0 Å². The second kappa shape index (κ2) is 11.8. The summed E-state index contributed by atoms with van der Waals surface area (Å²) < 4.78 is 5.85. The summed E-state index contributed by atoms with van der Waals surface area (Å²) in [6.45, 7) is 9.91. The Hall–Kier alpha value is -1.84. The van der Waals surface area contributed by atoms with Crippen LogP contribution in [-0.4, -0.2) is 30.6 Å². The van der Waals surface area contributed by atoms with Crippen molar-refractivity contribution in [1.82, 2.24) is 4.90 Å². The number of nitrogens with zero attached hydrogens (tertiary/aromatic N) is 1. The van der Waals surface area contributed by atoms with Crippen LogP contribution in [0.5, 0.6) is 5.75 Å². The molecule has 2 rings (SSSR count). The summed E-state index contributed by atoms with van der Waals surface area (Å²) in [5.41, 5.74) is 8.84. The monoisotopic (exact) mass is 368 g/mol. The second-order valence-corrected chi connectivity index (χ2v) is 7.62. The Morgan fingerprint density at radius 3 is 2.37 bits per heavy atom. The smallest absolute Gasteiger partial charge is 0.123 e. The Morgan fingerprint density at radius 2 is 1.70 bits per heavy atom. The van der Waals surface area contributed by atoms with E-state index in [9.17, 15) is 0 Å². The summed E-state index contributed by atoms with van der Waals surface area (Å²) in [6.07, 6.45) is 3.36. The average Bonchev–Trinajstić information content (AvgIpc) is 2.67. The molecule has 1 unspecified atom stereocenters. The number of hydrogen-bond donors (Lipinski definition) is 1. The third-order valence-corrected chi connectivity index (χ3v) is 4.93. The van der Waals surface area contributed by atoms with E-state index >= 15 is 0 Å². The molecule has 3 nitrogen and oxygen atoms in total. The van der Waals surface area contributed by atoms with Crippen molar-refractivity contribution in [2.24, 2.45) is 11.7 Å². The van der Waals surface area contributed by atoms with Gasteiger partial charge in [-0.05, 0) is 50.3 Å². The van der Waals surface area contributed by atoms with E-state index in [1.165, 1.54) is 11.1 Å². The lowest BCUT2D eigenvalue weighted by Gasteiger charge is -2.32. The molecule has 0 bridgehead atoms. The van der Waals surface area contributed by atoms with Gasteiger partial charge in [0.15, 0.2) is 0 Å². The first kappa shape index (κ1) is 21.5. The minimum absolute atomic E-state index is 0.399. The second-order valence-electron chi connectivity index (χ2n) is 7.62. The minimum Gasteiger partial charge on any atom is -0.494 e. The normalized spacial score (nSPS) is 12.5. The van der Waals surface area contributed by atoms with E-state index in [0.29, 0.717) is 25.1 Å². The molecule has 3 heteroatoms. The molecule has 0 saturated carbocycles. The van der Waals surface area contributed by atoms with Gasteiger partial charge in [-0.3, -0.25) is 4.90 Å². The van der Waals surface area contributed by atoms with Crippen LogP contribution in [0, 0.1) is 5.92 Å². The summed E-state index contributed by atoms with van der Waals surface area (Å²) in [5.74, 6) is 1.63. The number of aryl methyl sites for hydroxylation is 1. The van der Waals surface area contributed by atoms with E-state index in [0.717, 1.165) is 38.1 Å². The van der Waals surface area contributed by atoms with Gasteiger partial charge in [0, 0.05) is 24.7 Å². The van der Waals surface area contributed by atoms with Crippen LogP contribution >= 0.6 is 0 Å². The molecular formula is C24H36N2O. The quantitative estimate of drug-likeness (QED) is 0.579. The molecule has 0 aromatic heterocycles. The molecule has 0 spiro atoms. The molecule has 0 aliphatic rings. The highest BCUT2D eigenvalue weighted by molar-refractivity contribution is 5.33. The third-order valence-electron chi connectivity index (χ3n) is 4.93. The molecule has 0 fully saturated rings. The fraction of sp³-hybridized carbons (Fsp3) is 0.500. The van der Waals surface area contributed by atoms with Crippen molar-refractivity contribution >= 4 is 0 Å². The standard InChI is InChI=1S/C24H36N2O/c1-4-27-24-15-9-8-14-22(24)19-26(23(18-25)17-20(2)3)16-10-13-21-11-6-5-7-12-21/h5-9,11-12,14-15,20,23H,4,10,13,16-19,25H2,1-3H3. The number of hydrogen-bond acceptors (Lipinski definition) is 3. The van der Waals surface area contributed by atoms with Crippen molar-refractivity contribution in [2.45, 2.75) is 52.6 Å². The lowest BCUT2D eigenvalue weighted by atomic mass is 10.0. The van der Waals surface area contributed by atoms with Gasteiger partial charge >= 0.3 is 0 Å². The topological polar surface area (TPSA) is 38.5 Å². The van der Waals surface area contributed by atoms with Crippen LogP contribution in [0.15, 0.2) is 54.6 Å². The SMILES string of the molecule is CCOc1ccccc1CN(CCCc1ccccc1)C(CN)CC(C)C. The molecule has 0 radical (unpaired) electrons. The molecule has 0 heterocycles. The zero-order chi connectivity index (χ0) is 19.5. The Morgan fingerprint density at radius 1 is 1.00 bits per heavy atom. The van der Waals surface area contributed by atoms with Crippen molar-refractivity contribution < 1.29 is 4.74 Å². The fourth-order valence-corrected chi connectivity index (χ4v) is 3.61. The predicted molar refractivity (Wildman–Crippen MR) is 115 cm³/mol. The maximum Gasteiger partial charge on any atom is 0.123 e. The van der Waals surface area contributed by atoms with E-state index in [1.54, 1.807) is 0 Å². The Bertz CT molecular complexity index is 642. The Kier molecular flexibility index (Phi) is 9.37. The molecule has 2 N–H and O–H groups in total. The zero-order valence-corrected chi connectivity index (χ0v) is 17.2. The number of para-hydroxylation sites is 1. The van der Waals surface area contributed by atoms with Crippen molar-refractivity contribution in [1.29, 1.82) is 0 Å². The first-order valence-electron chi connectivity index (χ1n) is 10.3. The van der Waals surface area contributed by atoms with E-state index in [2.05, 4.69) is 67.3 Å². The first-order chi connectivity index (χ1) is 13.1. The lowest BCUT2D eigenvalue weighted by Crippen LogP contribution is -2.41. The Labute approximate surface area is 165 Å². The largest absolute Gasteiger partial charge is 0.494 e. The van der Waals surface area contributed by atoms with Crippen molar-refractivity contribution in [3.63, 3.8) is 0 Å². The minimum atomic E-state index is 0.399. The molecular weight excluding hydrogens is 332 g/mol. The van der Waals surface area contributed by atoms with E-state index in [1.807, 2.05) is 13.0 Å². The third kappa shape index (κ3) is 7.36. The Balaban J connectivity index is 2.08. The highest BCUT2D eigenvalue weighted by Gasteiger charge is 2.20. The van der Waals surface area contributed by atoms with Gasteiger partial charge < -0.3 is 10.5 Å². The van der Waals surface area contributed by atoms with Crippen LogP contribution in [-0.2, 0) is 13.0 Å². The van der Waals surface area contributed by atoms with Gasteiger partial charge in [0.1, 0.15) is 5.75 Å². The van der Waals surface area contributed by atoms with E-state index in [4.69, 9.17) is 10.5 Å². The maximum absolute atomic E-state index is 6.18. The number of ether oxygens (including phenoxy) is 1. The van der Waals surface area contributed by atoms with Crippen LogP contribution < -0.4 is 10.5 Å². The van der Waals surface area contributed by atoms with Crippen molar-refractivity contribution in [2.75, 3.05) is 19.7 Å². The molecule has 148 valence electrons. The summed E-state index contributed by atoms with van der Waals surface area (Å²) in [7, 11) is 0. The molecule has 0 amide bonds. The van der Waals surface area contributed by atoms with Gasteiger partial charge in [-0.2, -0.15) is 0 Å². The van der Waals surface area contributed by atoms with E-state index in [-0.39, 0.29) is 0 Å². The highest BCUT2D eigenvalue weighted by Crippen LogP contribution is 2.23. The molecule has 0 aliphatic carbocycles. The summed E-state index contributed by atoms with van der Waals surface area (Å²) in [4.78, 5) is 2.56. The molecule has 1 atom stereocenters. The van der Waals surface area contributed by atoms with Gasteiger partial charge in [-0.25, -0.2) is 0 Å². The van der Waals surface area contributed by atoms with Gasteiger partial charge in [-0.1, -0.05) is 62.4 Å². The maximum atomic E-state index is 6.18. The summed E-state index contributed by atoms with van der Waals surface area (Å²) in [5, 5.41) is 0. The number of rotatable bonds is 12. The number of benzene rings is 2. The first-order valence-corrected chi connectivity index (χ1v) is 10.3. The summed E-state index contributed by atoms with van der Waals surface area (Å²) in [6, 6.07) is 19.5. The van der Waals surface area contributed by atoms with Crippen LogP contribution in [0.2, 0.25) is 0 Å². The van der Waals surface area contributed by atoms with Crippen LogP contribution in [0.1, 0.15) is 44.7 Å².